The Hall–Kier alpha value is -3.60. The molecule has 1 aliphatic rings. The first-order valence-corrected chi connectivity index (χ1v) is 11.3. The van der Waals surface area contributed by atoms with Crippen LogP contribution in [0.15, 0.2) is 72.8 Å². The van der Waals surface area contributed by atoms with Gasteiger partial charge in [-0.15, -0.1) is 13.2 Å². The van der Waals surface area contributed by atoms with Crippen LogP contribution in [-0.4, -0.2) is 43.9 Å². The van der Waals surface area contributed by atoms with Crippen molar-refractivity contribution in [1.29, 1.82) is 0 Å². The number of benzene rings is 3. The van der Waals surface area contributed by atoms with Crippen molar-refractivity contribution >= 4 is 11.4 Å². The smallest absolute Gasteiger partial charge is 0.497 e. The van der Waals surface area contributed by atoms with Gasteiger partial charge in [-0.1, -0.05) is 36.4 Å². The zero-order valence-electron chi connectivity index (χ0n) is 19.6. The maximum absolute atomic E-state index is 13.3. The summed E-state index contributed by atoms with van der Waals surface area (Å²) >= 11 is 0. The van der Waals surface area contributed by atoms with E-state index in [9.17, 15) is 31.4 Å². The lowest BCUT2D eigenvalue weighted by atomic mass is 9.98. The molecule has 11 heteroatoms. The van der Waals surface area contributed by atoms with Gasteiger partial charge in [-0.05, 0) is 47.5 Å². The van der Waals surface area contributed by atoms with Gasteiger partial charge in [0.25, 0.3) is 0 Å². The Bertz CT molecular complexity index is 1220. The highest BCUT2D eigenvalue weighted by molar-refractivity contribution is 5.75. The van der Waals surface area contributed by atoms with E-state index in [0.29, 0.717) is 28.3 Å². The van der Waals surface area contributed by atoms with Crippen LogP contribution in [-0.2, 0) is 6.54 Å². The number of ether oxygens (including phenoxy) is 2. The first kappa shape index (κ1) is 26.5. The minimum Gasteiger partial charge on any atom is -0.497 e. The molecular weight excluding hydrogens is 502 g/mol. The number of β-amino-alcohol motifs (C(OH)–C–C–N with tert-alkyl or cyclic N) is 1. The molecule has 1 N–H and O–H groups in total. The molecule has 1 heterocycles. The molecule has 0 bridgehead atoms. The Morgan fingerprint density at radius 1 is 0.892 bits per heavy atom. The Labute approximate surface area is 209 Å². The fraction of sp³-hybridized carbons (Fsp3) is 0.308. The Morgan fingerprint density at radius 3 is 2.24 bits per heavy atom. The van der Waals surface area contributed by atoms with Crippen molar-refractivity contribution in [3.05, 3.63) is 83.9 Å². The van der Waals surface area contributed by atoms with Crippen LogP contribution in [0.2, 0.25) is 0 Å². The maximum atomic E-state index is 13.3. The van der Waals surface area contributed by atoms with Crippen molar-refractivity contribution in [2.75, 3.05) is 30.0 Å². The van der Waals surface area contributed by atoms with E-state index in [1.165, 1.54) is 30.2 Å². The number of methoxy groups -OCH3 is 1. The van der Waals surface area contributed by atoms with E-state index in [1.54, 1.807) is 54.6 Å². The quantitative estimate of drug-likeness (QED) is 0.378. The number of nitrogens with zero attached hydrogens (tertiary/aromatic N) is 2. The molecule has 3 aromatic carbocycles. The lowest BCUT2D eigenvalue weighted by molar-refractivity contribution is -0.274. The highest BCUT2D eigenvalue weighted by atomic mass is 19.4. The SMILES string of the molecule is COc1cccc(C2CN(Cc3cccc(OC(F)(F)F)c3)c3ccccc3N2C[C@@H](O)C(F)(F)F)c1. The number of aliphatic hydroxyl groups is 1. The van der Waals surface area contributed by atoms with E-state index >= 15 is 0 Å². The van der Waals surface area contributed by atoms with Crippen LogP contribution in [0.5, 0.6) is 11.5 Å². The van der Waals surface area contributed by atoms with Gasteiger partial charge in [0, 0.05) is 13.1 Å². The van der Waals surface area contributed by atoms with Gasteiger partial charge in [0.15, 0.2) is 6.10 Å². The third kappa shape index (κ3) is 6.40. The normalized spacial score (nSPS) is 16.8. The number of alkyl halides is 6. The number of aliphatic hydroxyl groups excluding tert-OH is 1. The molecule has 0 radical (unpaired) electrons. The van der Waals surface area contributed by atoms with Gasteiger partial charge in [-0.2, -0.15) is 13.2 Å². The van der Waals surface area contributed by atoms with Gasteiger partial charge in [0.2, 0.25) is 0 Å². The van der Waals surface area contributed by atoms with Crippen molar-refractivity contribution in [2.45, 2.75) is 31.2 Å². The van der Waals surface area contributed by atoms with Crippen LogP contribution in [0, 0.1) is 0 Å². The third-order valence-electron chi connectivity index (χ3n) is 6.03. The van der Waals surface area contributed by atoms with E-state index in [4.69, 9.17) is 4.74 Å². The van der Waals surface area contributed by atoms with Crippen LogP contribution in [0.4, 0.5) is 37.7 Å². The van der Waals surface area contributed by atoms with Crippen molar-refractivity contribution in [1.82, 2.24) is 0 Å². The van der Waals surface area contributed by atoms with Gasteiger partial charge in [-0.3, -0.25) is 0 Å². The third-order valence-corrected chi connectivity index (χ3v) is 6.03. The average molecular weight is 526 g/mol. The summed E-state index contributed by atoms with van der Waals surface area (Å²) in [6.45, 7) is -0.341. The topological polar surface area (TPSA) is 45.2 Å². The van der Waals surface area contributed by atoms with Crippen LogP contribution in [0.1, 0.15) is 17.2 Å². The van der Waals surface area contributed by atoms with E-state index in [1.807, 2.05) is 4.90 Å². The molecule has 1 aliphatic heterocycles. The molecule has 0 saturated heterocycles. The lowest BCUT2D eigenvalue weighted by Crippen LogP contribution is -2.49. The van der Waals surface area contributed by atoms with Gasteiger partial charge in [0.05, 0.1) is 31.1 Å². The van der Waals surface area contributed by atoms with Gasteiger partial charge < -0.3 is 24.4 Å². The molecular formula is C26H24F6N2O3. The lowest BCUT2D eigenvalue weighted by Gasteiger charge is -2.45. The molecule has 2 atom stereocenters. The number of rotatable bonds is 7. The summed E-state index contributed by atoms with van der Waals surface area (Å²) in [6.07, 6.45) is -12.2. The van der Waals surface area contributed by atoms with E-state index in [-0.39, 0.29) is 18.8 Å². The van der Waals surface area contributed by atoms with E-state index in [2.05, 4.69) is 4.74 Å². The summed E-state index contributed by atoms with van der Waals surface area (Å²) in [4.78, 5) is 3.38. The first-order valence-electron chi connectivity index (χ1n) is 11.3. The zero-order valence-corrected chi connectivity index (χ0v) is 19.6. The van der Waals surface area contributed by atoms with Crippen LogP contribution >= 0.6 is 0 Å². The first-order chi connectivity index (χ1) is 17.4. The summed E-state index contributed by atoms with van der Waals surface area (Å²) in [5.41, 5.74) is 2.21. The van der Waals surface area contributed by atoms with Crippen molar-refractivity contribution in [3.63, 3.8) is 0 Å². The van der Waals surface area contributed by atoms with Crippen molar-refractivity contribution in [2.24, 2.45) is 0 Å². The largest absolute Gasteiger partial charge is 0.573 e. The summed E-state index contributed by atoms with van der Waals surface area (Å²) in [5.74, 6) is 0.144. The average Bonchev–Trinajstić information content (AvgIpc) is 2.84. The summed E-state index contributed by atoms with van der Waals surface area (Å²) in [5, 5.41) is 9.94. The fourth-order valence-corrected chi connectivity index (χ4v) is 4.41. The van der Waals surface area contributed by atoms with E-state index < -0.39 is 31.2 Å². The summed E-state index contributed by atoms with van der Waals surface area (Å²) in [6, 6.07) is 18.6. The second-order valence-electron chi connectivity index (χ2n) is 8.57. The zero-order chi connectivity index (χ0) is 26.8. The minimum atomic E-state index is -4.84. The predicted molar refractivity (Wildman–Crippen MR) is 126 cm³/mol. The second kappa shape index (κ2) is 10.4. The number of fused-ring (bicyclic) bond motifs is 1. The second-order valence-corrected chi connectivity index (χ2v) is 8.57. The summed E-state index contributed by atoms with van der Waals surface area (Å²) in [7, 11) is 1.47. The highest BCUT2D eigenvalue weighted by Gasteiger charge is 2.42. The van der Waals surface area contributed by atoms with E-state index in [0.717, 1.165) is 0 Å². The molecule has 0 saturated carbocycles. The molecule has 4 rings (SSSR count). The Balaban J connectivity index is 1.73. The molecule has 0 spiro atoms. The van der Waals surface area contributed by atoms with Crippen molar-refractivity contribution in [3.8, 4) is 11.5 Å². The molecule has 0 aromatic heterocycles. The fourth-order valence-electron chi connectivity index (χ4n) is 4.41. The number of halogens is 6. The summed E-state index contributed by atoms with van der Waals surface area (Å²) < 4.78 is 87.5. The molecule has 1 unspecified atom stereocenters. The highest BCUT2D eigenvalue weighted by Crippen LogP contribution is 2.43. The van der Waals surface area contributed by atoms with Crippen LogP contribution < -0.4 is 19.3 Å². The molecule has 198 valence electrons. The van der Waals surface area contributed by atoms with Crippen molar-refractivity contribution < 1.29 is 40.9 Å². The van der Waals surface area contributed by atoms with Gasteiger partial charge in [0.1, 0.15) is 11.5 Å². The van der Waals surface area contributed by atoms with Gasteiger partial charge in [-0.25, -0.2) is 0 Å². The molecule has 5 nitrogen and oxygen atoms in total. The number of para-hydroxylation sites is 2. The predicted octanol–water partition coefficient (Wildman–Crippen LogP) is 6.08. The molecule has 0 fully saturated rings. The minimum absolute atomic E-state index is 0.169. The van der Waals surface area contributed by atoms with Gasteiger partial charge >= 0.3 is 12.5 Å². The van der Waals surface area contributed by atoms with Crippen LogP contribution in [0.25, 0.3) is 0 Å². The molecule has 3 aromatic rings. The Kier molecular flexibility index (Phi) is 7.44. The molecule has 37 heavy (non-hydrogen) atoms. The monoisotopic (exact) mass is 526 g/mol. The maximum Gasteiger partial charge on any atom is 0.573 e. The Morgan fingerprint density at radius 2 is 1.57 bits per heavy atom. The molecule has 0 aliphatic carbocycles. The number of hydrogen-bond acceptors (Lipinski definition) is 5. The van der Waals surface area contributed by atoms with Crippen LogP contribution in [0.3, 0.4) is 0 Å². The molecule has 0 amide bonds. The standard InChI is InChI=1S/C26H24F6N2O3/c1-36-19-8-5-7-18(13-19)23-15-33(14-17-6-4-9-20(12-17)37-26(30,31)32)21-10-2-3-11-22(21)34(23)16-24(35)25(27,28)29/h2-13,23-24,35H,14-16H2,1H3/t23?,24-/m1/s1. The number of hydrogen-bond donors (Lipinski definition) is 1. The number of anilines is 2.